The number of nitrogens with zero attached hydrogens (tertiary/aromatic N) is 2. The van der Waals surface area contributed by atoms with Crippen LogP contribution >= 0.6 is 0 Å². The van der Waals surface area contributed by atoms with Gasteiger partial charge < -0.3 is 5.11 Å². The van der Waals surface area contributed by atoms with Gasteiger partial charge in [0.1, 0.15) is 0 Å². The molecule has 3 rings (SSSR count). The highest BCUT2D eigenvalue weighted by atomic mass is 32.2. The van der Waals surface area contributed by atoms with Gasteiger partial charge in [-0.05, 0) is 24.3 Å². The molecule has 0 aliphatic heterocycles. The van der Waals surface area contributed by atoms with Crippen molar-refractivity contribution in [2.75, 3.05) is 5.23 Å². The summed E-state index contributed by atoms with van der Waals surface area (Å²) in [6.07, 6.45) is 1.36. The third kappa shape index (κ3) is 2.57. The number of para-hydroxylation sites is 1. The molecule has 0 radical (unpaired) electrons. The van der Waals surface area contributed by atoms with E-state index in [1.165, 1.54) is 24.4 Å². The lowest BCUT2D eigenvalue weighted by molar-refractivity contribution is 0.0290. The second kappa shape index (κ2) is 5.67. The molecule has 1 heterocycles. The zero-order valence-electron chi connectivity index (χ0n) is 11.9. The lowest BCUT2D eigenvalue weighted by Crippen LogP contribution is -2.14. The Morgan fingerprint density at radius 2 is 1.78 bits per heavy atom. The van der Waals surface area contributed by atoms with Gasteiger partial charge in [0.05, 0.1) is 22.7 Å². The summed E-state index contributed by atoms with van der Waals surface area (Å²) in [5.41, 5.74) is 0.850. The molecule has 0 saturated heterocycles. The van der Waals surface area contributed by atoms with Crippen molar-refractivity contribution in [1.82, 2.24) is 3.97 Å². The largest absolute Gasteiger partial charge is 0.392 e. The highest BCUT2D eigenvalue weighted by Gasteiger charge is 2.21. The molecular weight excluding hydrogens is 320 g/mol. The highest BCUT2D eigenvalue weighted by Crippen LogP contribution is 2.27. The van der Waals surface area contributed by atoms with E-state index in [0.29, 0.717) is 16.5 Å². The van der Waals surface area contributed by atoms with E-state index in [0.717, 1.165) is 10.0 Å². The van der Waals surface area contributed by atoms with Crippen molar-refractivity contribution in [2.24, 2.45) is 0 Å². The first-order valence-electron chi connectivity index (χ1n) is 6.68. The molecule has 0 unspecified atom stereocenters. The second-order valence-corrected chi connectivity index (χ2v) is 6.73. The topological polar surface area (TPSA) is 103 Å². The molecule has 0 saturated carbocycles. The fourth-order valence-corrected chi connectivity index (χ4v) is 3.86. The van der Waals surface area contributed by atoms with Crippen molar-refractivity contribution in [3.8, 4) is 0 Å². The number of aromatic nitrogens is 1. The highest BCUT2D eigenvalue weighted by molar-refractivity contribution is 7.90. The normalized spacial score (nSPS) is 11.8. The summed E-state index contributed by atoms with van der Waals surface area (Å²) in [6, 6.07) is 12.1. The molecule has 0 aliphatic rings. The Bertz CT molecular complexity index is 963. The van der Waals surface area contributed by atoms with Gasteiger partial charge in [0.2, 0.25) is 0 Å². The fourth-order valence-electron chi connectivity index (χ4n) is 2.42. The molecule has 2 aromatic carbocycles. The maximum Gasteiger partial charge on any atom is 0.268 e. The molecule has 0 aliphatic carbocycles. The quantitative estimate of drug-likeness (QED) is 0.630. The van der Waals surface area contributed by atoms with Crippen LogP contribution < -0.4 is 5.23 Å². The second-order valence-electron chi connectivity index (χ2n) is 4.92. The van der Waals surface area contributed by atoms with Crippen molar-refractivity contribution in [1.29, 1.82) is 0 Å². The van der Waals surface area contributed by atoms with Gasteiger partial charge in [-0.3, -0.25) is 10.4 Å². The van der Waals surface area contributed by atoms with E-state index < -0.39 is 10.0 Å². The standard InChI is InChI=1S/C15H14N2O5S/c18-10-11-9-16(15-7-2-1-6-14(11)15)23(21,22)13-5-3-4-12(8-13)17(19)20/h1-9,18-20H,10H2. The summed E-state index contributed by atoms with van der Waals surface area (Å²) in [7, 11) is -3.95. The number of hydrogen-bond donors (Lipinski definition) is 3. The zero-order valence-corrected chi connectivity index (χ0v) is 12.7. The van der Waals surface area contributed by atoms with Crippen LogP contribution in [0.4, 0.5) is 5.69 Å². The summed E-state index contributed by atoms with van der Waals surface area (Å²) < 4.78 is 26.8. The van der Waals surface area contributed by atoms with Gasteiger partial charge in [0, 0.05) is 17.1 Å². The Kier molecular flexibility index (Phi) is 3.82. The molecule has 3 N–H and O–H groups in total. The minimum atomic E-state index is -3.95. The molecule has 0 fully saturated rings. The van der Waals surface area contributed by atoms with Gasteiger partial charge in [-0.15, -0.1) is 5.23 Å². The van der Waals surface area contributed by atoms with Crippen LogP contribution in [0, 0.1) is 0 Å². The molecular formula is C15H14N2O5S. The van der Waals surface area contributed by atoms with Gasteiger partial charge in [-0.2, -0.15) is 0 Å². The maximum atomic E-state index is 12.9. The van der Waals surface area contributed by atoms with Crippen LogP contribution in [0.1, 0.15) is 5.56 Å². The molecule has 0 amide bonds. The molecule has 3 aromatic rings. The van der Waals surface area contributed by atoms with Crippen LogP contribution in [-0.2, 0) is 16.6 Å². The van der Waals surface area contributed by atoms with Gasteiger partial charge in [0.25, 0.3) is 10.0 Å². The minimum absolute atomic E-state index is 0.0788. The van der Waals surface area contributed by atoms with E-state index in [4.69, 9.17) is 10.4 Å². The van der Waals surface area contributed by atoms with Crippen molar-refractivity contribution >= 4 is 26.6 Å². The van der Waals surface area contributed by atoms with Crippen molar-refractivity contribution in [3.05, 3.63) is 60.3 Å². The minimum Gasteiger partial charge on any atom is -0.392 e. The van der Waals surface area contributed by atoms with E-state index in [1.807, 2.05) is 0 Å². The Balaban J connectivity index is 2.23. The number of rotatable bonds is 4. The average molecular weight is 334 g/mol. The molecule has 0 atom stereocenters. The van der Waals surface area contributed by atoms with Crippen LogP contribution in [0.3, 0.4) is 0 Å². The van der Waals surface area contributed by atoms with Crippen molar-refractivity contribution in [3.63, 3.8) is 0 Å². The van der Waals surface area contributed by atoms with Gasteiger partial charge >= 0.3 is 0 Å². The average Bonchev–Trinajstić information content (AvgIpc) is 2.94. The monoisotopic (exact) mass is 334 g/mol. The first kappa shape index (κ1) is 15.5. The van der Waals surface area contributed by atoms with Crippen LogP contribution in [0.15, 0.2) is 59.6 Å². The predicted octanol–water partition coefficient (Wildman–Crippen LogP) is 1.96. The molecule has 0 spiro atoms. The summed E-state index contributed by atoms with van der Waals surface area (Å²) in [6.45, 7) is -0.288. The van der Waals surface area contributed by atoms with Crippen LogP contribution in [0.5, 0.6) is 0 Å². The Morgan fingerprint density at radius 1 is 1.04 bits per heavy atom. The zero-order chi connectivity index (χ0) is 16.6. The SMILES string of the molecule is O=S(=O)(c1cccc(N(O)O)c1)n1cc(CO)c2ccccc21. The number of fused-ring (bicyclic) bond motifs is 1. The van der Waals surface area contributed by atoms with E-state index in [-0.39, 0.29) is 22.4 Å². The molecule has 0 bridgehead atoms. The van der Waals surface area contributed by atoms with E-state index in [9.17, 15) is 13.5 Å². The molecule has 7 nitrogen and oxygen atoms in total. The summed E-state index contributed by atoms with van der Waals surface area (Å²) in [5, 5.41) is 28.0. The van der Waals surface area contributed by atoms with E-state index in [1.54, 1.807) is 24.3 Å². The number of aliphatic hydroxyl groups is 1. The van der Waals surface area contributed by atoms with Gasteiger partial charge in [-0.1, -0.05) is 24.3 Å². The maximum absolute atomic E-state index is 12.9. The number of aliphatic hydroxyl groups excluding tert-OH is 1. The van der Waals surface area contributed by atoms with Crippen LogP contribution in [-0.4, -0.2) is 27.9 Å². The fraction of sp³-hybridized carbons (Fsp3) is 0.0667. The van der Waals surface area contributed by atoms with Crippen LogP contribution in [0.2, 0.25) is 0 Å². The summed E-state index contributed by atoms with van der Waals surface area (Å²) in [5.74, 6) is 0. The predicted molar refractivity (Wildman–Crippen MR) is 82.9 cm³/mol. The number of hydrogen-bond acceptors (Lipinski definition) is 6. The summed E-state index contributed by atoms with van der Waals surface area (Å²) in [4.78, 5) is -0.103. The lowest BCUT2D eigenvalue weighted by atomic mass is 10.2. The Labute approximate surface area is 132 Å². The van der Waals surface area contributed by atoms with E-state index in [2.05, 4.69) is 0 Å². The third-order valence-electron chi connectivity index (χ3n) is 3.54. The van der Waals surface area contributed by atoms with Gasteiger partial charge in [0.15, 0.2) is 0 Å². The molecule has 1 aromatic heterocycles. The Morgan fingerprint density at radius 3 is 2.48 bits per heavy atom. The van der Waals surface area contributed by atoms with Crippen LogP contribution in [0.25, 0.3) is 10.9 Å². The summed E-state index contributed by atoms with van der Waals surface area (Å²) >= 11 is 0. The smallest absolute Gasteiger partial charge is 0.268 e. The van der Waals surface area contributed by atoms with Gasteiger partial charge in [-0.25, -0.2) is 12.4 Å². The number of benzene rings is 2. The first-order valence-corrected chi connectivity index (χ1v) is 8.12. The third-order valence-corrected chi connectivity index (χ3v) is 5.21. The van der Waals surface area contributed by atoms with Crippen molar-refractivity contribution < 1.29 is 23.9 Å². The molecule has 120 valence electrons. The van der Waals surface area contributed by atoms with Crippen molar-refractivity contribution in [2.45, 2.75) is 11.5 Å². The molecule has 8 heteroatoms. The Hall–Kier alpha value is -2.39. The molecule has 23 heavy (non-hydrogen) atoms. The van der Waals surface area contributed by atoms with E-state index >= 15 is 0 Å². The lowest BCUT2D eigenvalue weighted by Gasteiger charge is -2.11. The first-order chi connectivity index (χ1) is 10.9. The number of anilines is 1.